The van der Waals surface area contributed by atoms with Crippen molar-refractivity contribution >= 4 is 29.7 Å². The summed E-state index contributed by atoms with van der Waals surface area (Å²) in [5.41, 5.74) is 16.4. The molecule has 0 aliphatic heterocycles. The number of guanidine groups is 1. The van der Waals surface area contributed by atoms with Crippen LogP contribution in [-0.4, -0.2) is 65.5 Å². The third-order valence-corrected chi connectivity index (χ3v) is 4.67. The average molecular weight is 458 g/mol. The van der Waals surface area contributed by atoms with E-state index in [1.165, 1.54) is 6.92 Å². The Morgan fingerprint density at radius 3 is 1.91 bits per heavy atom. The van der Waals surface area contributed by atoms with Crippen LogP contribution in [0.4, 0.5) is 0 Å². The predicted octanol–water partition coefficient (Wildman–Crippen LogP) is -1.37. The Morgan fingerprint density at radius 2 is 1.44 bits per heavy atom. The van der Waals surface area contributed by atoms with Crippen LogP contribution < -0.4 is 33.2 Å². The second-order valence-electron chi connectivity index (χ2n) is 8.54. The molecule has 3 amide bonds. The molecule has 184 valence electrons. The van der Waals surface area contributed by atoms with Crippen molar-refractivity contribution < 1.29 is 24.3 Å². The van der Waals surface area contributed by atoms with Gasteiger partial charge in [0.15, 0.2) is 5.96 Å². The largest absolute Gasteiger partial charge is 0.480 e. The molecule has 0 saturated carbocycles. The van der Waals surface area contributed by atoms with Gasteiger partial charge in [0.05, 0.1) is 6.04 Å². The fourth-order valence-corrected chi connectivity index (χ4v) is 2.71. The van der Waals surface area contributed by atoms with Gasteiger partial charge in [-0.1, -0.05) is 27.7 Å². The molecule has 4 unspecified atom stereocenters. The molecular weight excluding hydrogens is 418 g/mol. The first-order valence-corrected chi connectivity index (χ1v) is 10.7. The molecule has 32 heavy (non-hydrogen) atoms. The Kier molecular flexibility index (Phi) is 12.9. The minimum absolute atomic E-state index is 0.0521. The molecule has 0 heterocycles. The SMILES string of the molecule is CC(C)CC(NC(=O)C(C)NC(=O)C(CCCN=C(N)N)NC(=O)C(N)C(C)C)C(=O)O. The van der Waals surface area contributed by atoms with Gasteiger partial charge in [0.2, 0.25) is 17.7 Å². The number of amides is 3. The number of hydrogen-bond acceptors (Lipinski definition) is 6. The smallest absolute Gasteiger partial charge is 0.326 e. The fraction of sp³-hybridized carbons (Fsp3) is 0.750. The molecule has 10 N–H and O–H groups in total. The van der Waals surface area contributed by atoms with Crippen LogP contribution in [0.15, 0.2) is 4.99 Å². The van der Waals surface area contributed by atoms with Crippen LogP contribution in [0.2, 0.25) is 0 Å². The quantitative estimate of drug-likeness (QED) is 0.0935. The van der Waals surface area contributed by atoms with E-state index < -0.39 is 47.9 Å². The van der Waals surface area contributed by atoms with Crippen molar-refractivity contribution in [2.24, 2.45) is 34.0 Å². The van der Waals surface area contributed by atoms with E-state index in [-0.39, 0.29) is 37.2 Å². The standard InChI is InChI=1S/C20H39N7O5/c1-10(2)9-14(19(31)32)27-16(28)12(5)25-17(29)13(7-6-8-24-20(22)23)26-18(30)15(21)11(3)4/h10-15H,6-9,21H2,1-5H3,(H,25,29)(H,26,30)(H,27,28)(H,31,32)(H4,22,23,24). The van der Waals surface area contributed by atoms with Gasteiger partial charge in [-0.05, 0) is 38.0 Å². The Hall–Kier alpha value is -2.89. The summed E-state index contributed by atoms with van der Waals surface area (Å²) in [5, 5.41) is 16.8. The van der Waals surface area contributed by atoms with Gasteiger partial charge < -0.3 is 38.3 Å². The molecule has 0 spiro atoms. The minimum atomic E-state index is -1.15. The van der Waals surface area contributed by atoms with Gasteiger partial charge >= 0.3 is 5.97 Å². The van der Waals surface area contributed by atoms with E-state index in [1.807, 2.05) is 13.8 Å². The lowest BCUT2D eigenvalue weighted by atomic mass is 10.0. The zero-order valence-electron chi connectivity index (χ0n) is 19.6. The van der Waals surface area contributed by atoms with E-state index >= 15 is 0 Å². The van der Waals surface area contributed by atoms with Gasteiger partial charge in [0.25, 0.3) is 0 Å². The Balaban J connectivity index is 5.17. The van der Waals surface area contributed by atoms with Crippen molar-refractivity contribution in [3.05, 3.63) is 0 Å². The van der Waals surface area contributed by atoms with Crippen LogP contribution in [0, 0.1) is 11.8 Å². The number of nitrogens with one attached hydrogen (secondary N) is 3. The number of carboxylic acids is 1. The highest BCUT2D eigenvalue weighted by molar-refractivity contribution is 5.93. The van der Waals surface area contributed by atoms with Crippen molar-refractivity contribution in [1.29, 1.82) is 0 Å². The van der Waals surface area contributed by atoms with E-state index in [0.29, 0.717) is 6.42 Å². The van der Waals surface area contributed by atoms with Gasteiger partial charge in [-0.25, -0.2) is 4.79 Å². The molecule has 12 heteroatoms. The van der Waals surface area contributed by atoms with Crippen molar-refractivity contribution in [3.63, 3.8) is 0 Å². The molecule has 0 saturated heterocycles. The average Bonchev–Trinajstić information content (AvgIpc) is 2.67. The predicted molar refractivity (Wildman–Crippen MR) is 121 cm³/mol. The van der Waals surface area contributed by atoms with Crippen molar-refractivity contribution in [3.8, 4) is 0 Å². The molecule has 0 radical (unpaired) electrons. The summed E-state index contributed by atoms with van der Waals surface area (Å²) in [6, 6.07) is -3.87. The number of nitrogens with zero attached hydrogens (tertiary/aromatic N) is 1. The summed E-state index contributed by atoms with van der Waals surface area (Å²) in [7, 11) is 0. The van der Waals surface area contributed by atoms with E-state index in [9.17, 15) is 24.3 Å². The van der Waals surface area contributed by atoms with Gasteiger partial charge in [-0.2, -0.15) is 0 Å². The highest BCUT2D eigenvalue weighted by atomic mass is 16.4. The summed E-state index contributed by atoms with van der Waals surface area (Å²) < 4.78 is 0. The number of aliphatic imine (C=N–C) groups is 1. The van der Waals surface area contributed by atoms with E-state index in [0.717, 1.165) is 0 Å². The second kappa shape index (κ2) is 14.2. The number of carbonyl (C=O) groups excluding carboxylic acids is 3. The topological polar surface area (TPSA) is 215 Å². The molecule has 0 aromatic rings. The third-order valence-electron chi connectivity index (χ3n) is 4.67. The van der Waals surface area contributed by atoms with Gasteiger partial charge in [-0.3, -0.25) is 19.4 Å². The van der Waals surface area contributed by atoms with E-state index in [4.69, 9.17) is 17.2 Å². The number of rotatable bonds is 14. The van der Waals surface area contributed by atoms with Crippen molar-refractivity contribution in [2.45, 2.75) is 78.0 Å². The molecule has 0 rings (SSSR count). The first-order valence-electron chi connectivity index (χ1n) is 10.7. The molecular formula is C20H39N7O5. The molecule has 0 bridgehead atoms. The normalized spacial score (nSPS) is 14.8. The second-order valence-corrected chi connectivity index (χ2v) is 8.54. The molecule has 0 aliphatic carbocycles. The maximum atomic E-state index is 12.8. The monoisotopic (exact) mass is 457 g/mol. The summed E-state index contributed by atoms with van der Waals surface area (Å²) >= 11 is 0. The van der Waals surface area contributed by atoms with Crippen molar-refractivity contribution in [1.82, 2.24) is 16.0 Å². The zero-order valence-corrected chi connectivity index (χ0v) is 19.6. The first kappa shape index (κ1) is 29.1. The van der Waals surface area contributed by atoms with Crippen LogP contribution in [-0.2, 0) is 19.2 Å². The highest BCUT2D eigenvalue weighted by Gasteiger charge is 2.29. The number of hydrogen-bond donors (Lipinski definition) is 7. The lowest BCUT2D eigenvalue weighted by molar-refractivity contribution is -0.142. The molecule has 4 atom stereocenters. The van der Waals surface area contributed by atoms with E-state index in [1.54, 1.807) is 13.8 Å². The molecule has 0 aliphatic rings. The van der Waals surface area contributed by atoms with Gasteiger partial charge in [0, 0.05) is 6.54 Å². The number of carboxylic acid groups (broad SMARTS) is 1. The maximum Gasteiger partial charge on any atom is 0.326 e. The summed E-state index contributed by atoms with van der Waals surface area (Å²) in [5.74, 6) is -3.07. The zero-order chi connectivity index (χ0) is 25.0. The van der Waals surface area contributed by atoms with Crippen molar-refractivity contribution in [2.75, 3.05) is 6.54 Å². The Morgan fingerprint density at radius 1 is 0.875 bits per heavy atom. The third kappa shape index (κ3) is 11.5. The minimum Gasteiger partial charge on any atom is -0.480 e. The Bertz CT molecular complexity index is 677. The number of aliphatic carboxylic acids is 1. The Labute approximate surface area is 189 Å². The van der Waals surface area contributed by atoms with Gasteiger partial charge in [-0.15, -0.1) is 0 Å². The van der Waals surface area contributed by atoms with Crippen LogP contribution >= 0.6 is 0 Å². The lowest BCUT2D eigenvalue weighted by Gasteiger charge is -2.24. The van der Waals surface area contributed by atoms with Crippen LogP contribution in [0.3, 0.4) is 0 Å². The fourth-order valence-electron chi connectivity index (χ4n) is 2.71. The lowest BCUT2D eigenvalue weighted by Crippen LogP contribution is -2.56. The maximum absolute atomic E-state index is 12.8. The van der Waals surface area contributed by atoms with Crippen LogP contribution in [0.5, 0.6) is 0 Å². The van der Waals surface area contributed by atoms with E-state index in [2.05, 4.69) is 20.9 Å². The molecule has 0 aromatic carbocycles. The number of carbonyl (C=O) groups is 4. The number of nitrogens with two attached hydrogens (primary N) is 3. The molecule has 12 nitrogen and oxygen atoms in total. The molecule has 0 aromatic heterocycles. The highest BCUT2D eigenvalue weighted by Crippen LogP contribution is 2.06. The van der Waals surface area contributed by atoms with Crippen LogP contribution in [0.1, 0.15) is 53.9 Å². The summed E-state index contributed by atoms with van der Waals surface area (Å²) in [4.78, 5) is 52.7. The summed E-state index contributed by atoms with van der Waals surface area (Å²) in [6.07, 6.45) is 0.847. The first-order chi connectivity index (χ1) is 14.8. The van der Waals surface area contributed by atoms with Gasteiger partial charge in [0.1, 0.15) is 18.1 Å². The van der Waals surface area contributed by atoms with Crippen LogP contribution in [0.25, 0.3) is 0 Å². The summed E-state index contributed by atoms with van der Waals surface area (Å²) in [6.45, 7) is 8.92. The molecule has 0 fully saturated rings.